The molecular formula is C6H12N2O2S. The van der Waals surface area contributed by atoms with Gasteiger partial charge in [-0.15, -0.1) is 0 Å². The average Bonchev–Trinajstić information content (AvgIpc) is 2.08. The molecule has 64 valence electrons. The summed E-state index contributed by atoms with van der Waals surface area (Å²) in [6.07, 6.45) is 1.10. The van der Waals surface area contributed by atoms with Crippen LogP contribution < -0.4 is 5.73 Å². The van der Waals surface area contributed by atoms with Crippen LogP contribution in [0, 0.1) is 11.3 Å². The summed E-state index contributed by atoms with van der Waals surface area (Å²) < 4.78 is 21.8. The minimum Gasteiger partial charge on any atom is -0.388 e. The first-order chi connectivity index (χ1) is 4.99. The van der Waals surface area contributed by atoms with Gasteiger partial charge in [-0.25, -0.2) is 8.42 Å². The monoisotopic (exact) mass is 176 g/mol. The molecule has 3 N–H and O–H groups in total. The number of nitrogens with two attached hydrogens (primary N) is 1. The Hall–Kier alpha value is -0.580. The van der Waals surface area contributed by atoms with E-state index in [2.05, 4.69) is 0 Å². The first kappa shape index (κ1) is 8.52. The van der Waals surface area contributed by atoms with Crippen LogP contribution in [0.4, 0.5) is 0 Å². The second kappa shape index (κ2) is 2.81. The van der Waals surface area contributed by atoms with Crippen LogP contribution in [0.5, 0.6) is 0 Å². The van der Waals surface area contributed by atoms with E-state index >= 15 is 0 Å². The number of sulfone groups is 1. The number of rotatable bonds is 2. The topological polar surface area (TPSA) is 84.0 Å². The van der Waals surface area contributed by atoms with E-state index in [1.165, 1.54) is 0 Å². The molecule has 1 aliphatic rings. The van der Waals surface area contributed by atoms with Gasteiger partial charge in [0, 0.05) is 6.42 Å². The van der Waals surface area contributed by atoms with Crippen molar-refractivity contribution in [3.05, 3.63) is 0 Å². The fraction of sp³-hybridized carbons (Fsp3) is 0.833. The Balaban J connectivity index is 2.49. The smallest absolute Gasteiger partial charge is 0.150 e. The lowest BCUT2D eigenvalue weighted by molar-refractivity contribution is 0.594. The van der Waals surface area contributed by atoms with Crippen molar-refractivity contribution in [2.24, 2.45) is 11.7 Å². The molecule has 0 aromatic rings. The van der Waals surface area contributed by atoms with Crippen LogP contribution in [-0.2, 0) is 9.84 Å². The van der Waals surface area contributed by atoms with Gasteiger partial charge in [-0.1, -0.05) is 0 Å². The van der Waals surface area contributed by atoms with Crippen LogP contribution in [0.25, 0.3) is 0 Å². The summed E-state index contributed by atoms with van der Waals surface area (Å²) in [7, 11) is -2.79. The molecule has 0 aromatic carbocycles. The van der Waals surface area contributed by atoms with E-state index in [-0.39, 0.29) is 23.3 Å². The van der Waals surface area contributed by atoms with Crippen LogP contribution in [0.1, 0.15) is 12.8 Å². The molecule has 1 fully saturated rings. The highest BCUT2D eigenvalue weighted by atomic mass is 32.2. The first-order valence-electron chi connectivity index (χ1n) is 3.53. The van der Waals surface area contributed by atoms with Crippen molar-refractivity contribution in [1.29, 1.82) is 5.41 Å². The Labute approximate surface area is 66.2 Å². The zero-order valence-electron chi connectivity index (χ0n) is 6.21. The minimum atomic E-state index is -2.79. The van der Waals surface area contributed by atoms with Gasteiger partial charge in [0.25, 0.3) is 0 Å². The third-order valence-corrected chi connectivity index (χ3v) is 3.67. The lowest BCUT2D eigenvalue weighted by Gasteiger charge is -2.03. The second-order valence-corrected chi connectivity index (χ2v) is 5.23. The maximum atomic E-state index is 10.9. The summed E-state index contributed by atoms with van der Waals surface area (Å²) in [5.74, 6) is 0.668. The molecule has 11 heavy (non-hydrogen) atoms. The summed E-state index contributed by atoms with van der Waals surface area (Å²) in [5, 5.41) is 6.97. The van der Waals surface area contributed by atoms with Gasteiger partial charge >= 0.3 is 0 Å². The summed E-state index contributed by atoms with van der Waals surface area (Å²) in [6, 6.07) is 0. The van der Waals surface area contributed by atoms with Gasteiger partial charge in [-0.2, -0.15) is 0 Å². The van der Waals surface area contributed by atoms with Crippen molar-refractivity contribution in [2.75, 3.05) is 11.5 Å². The van der Waals surface area contributed by atoms with E-state index in [4.69, 9.17) is 11.1 Å². The SMILES string of the molecule is N=C(N)C[C@@H]1CCS(=O)(=O)C1. The van der Waals surface area contributed by atoms with Crippen LogP contribution in [0.3, 0.4) is 0 Å². The predicted molar refractivity (Wildman–Crippen MR) is 43.3 cm³/mol. The Morgan fingerprint density at radius 3 is 2.64 bits per heavy atom. The van der Waals surface area contributed by atoms with Gasteiger partial charge in [0.1, 0.15) is 0 Å². The Morgan fingerprint density at radius 2 is 2.27 bits per heavy atom. The van der Waals surface area contributed by atoms with E-state index in [1.807, 2.05) is 0 Å². The Kier molecular flexibility index (Phi) is 2.17. The van der Waals surface area contributed by atoms with Gasteiger partial charge in [-0.3, -0.25) is 5.41 Å². The molecule has 4 nitrogen and oxygen atoms in total. The molecule has 0 unspecified atom stereocenters. The summed E-state index contributed by atoms with van der Waals surface area (Å²) >= 11 is 0. The predicted octanol–water partition coefficient (Wildman–Crippen LogP) is -0.253. The van der Waals surface area contributed by atoms with Crippen LogP contribution in [0.15, 0.2) is 0 Å². The molecule has 0 bridgehead atoms. The maximum Gasteiger partial charge on any atom is 0.150 e. The molecule has 1 atom stereocenters. The number of amidine groups is 1. The molecule has 1 heterocycles. The number of nitrogens with one attached hydrogen (secondary N) is 1. The van der Waals surface area contributed by atoms with Crippen molar-refractivity contribution < 1.29 is 8.42 Å². The van der Waals surface area contributed by atoms with Gasteiger partial charge in [0.2, 0.25) is 0 Å². The van der Waals surface area contributed by atoms with E-state index in [9.17, 15) is 8.42 Å². The van der Waals surface area contributed by atoms with Crippen LogP contribution >= 0.6 is 0 Å². The molecule has 0 aromatic heterocycles. The zero-order chi connectivity index (χ0) is 8.48. The molecular weight excluding hydrogens is 164 g/mol. The highest BCUT2D eigenvalue weighted by molar-refractivity contribution is 7.91. The Bertz CT molecular complexity index is 258. The van der Waals surface area contributed by atoms with Crippen molar-refractivity contribution in [3.63, 3.8) is 0 Å². The highest BCUT2D eigenvalue weighted by Gasteiger charge is 2.27. The van der Waals surface area contributed by atoms with E-state index in [1.54, 1.807) is 0 Å². The second-order valence-electron chi connectivity index (χ2n) is 3.00. The van der Waals surface area contributed by atoms with Gasteiger partial charge in [0.05, 0.1) is 17.3 Å². The quantitative estimate of drug-likeness (QED) is 0.449. The normalized spacial score (nSPS) is 28.5. The first-order valence-corrected chi connectivity index (χ1v) is 5.35. The lowest BCUT2D eigenvalue weighted by Crippen LogP contribution is -2.16. The number of hydrogen-bond donors (Lipinski definition) is 2. The summed E-state index contributed by atoms with van der Waals surface area (Å²) in [4.78, 5) is 0. The zero-order valence-corrected chi connectivity index (χ0v) is 7.02. The minimum absolute atomic E-state index is 0.0899. The van der Waals surface area contributed by atoms with Crippen molar-refractivity contribution in [1.82, 2.24) is 0 Å². The fourth-order valence-corrected chi connectivity index (χ4v) is 3.21. The standard InChI is InChI=1S/C6H12N2O2S/c7-6(8)3-5-1-2-11(9,10)4-5/h5H,1-4H2,(H3,7,8)/t5-/m0/s1. The van der Waals surface area contributed by atoms with Gasteiger partial charge < -0.3 is 5.73 Å². The molecule has 0 radical (unpaired) electrons. The third kappa shape index (κ3) is 2.49. The van der Waals surface area contributed by atoms with E-state index in [0.717, 1.165) is 0 Å². The van der Waals surface area contributed by atoms with Crippen LogP contribution in [0.2, 0.25) is 0 Å². The summed E-state index contributed by atoms with van der Waals surface area (Å²) in [6.45, 7) is 0. The summed E-state index contributed by atoms with van der Waals surface area (Å²) in [5.41, 5.74) is 5.15. The van der Waals surface area contributed by atoms with E-state index < -0.39 is 9.84 Å². The van der Waals surface area contributed by atoms with Crippen molar-refractivity contribution >= 4 is 15.7 Å². The molecule has 0 saturated carbocycles. The largest absolute Gasteiger partial charge is 0.388 e. The highest BCUT2D eigenvalue weighted by Crippen LogP contribution is 2.20. The molecule has 0 amide bonds. The molecule has 0 spiro atoms. The molecule has 1 saturated heterocycles. The molecule has 0 aliphatic carbocycles. The van der Waals surface area contributed by atoms with Crippen LogP contribution in [-0.4, -0.2) is 25.8 Å². The number of hydrogen-bond acceptors (Lipinski definition) is 3. The fourth-order valence-electron chi connectivity index (χ4n) is 1.34. The van der Waals surface area contributed by atoms with Crippen molar-refractivity contribution in [2.45, 2.75) is 12.8 Å². The molecule has 1 aliphatic heterocycles. The Morgan fingerprint density at radius 1 is 1.64 bits per heavy atom. The average molecular weight is 176 g/mol. The maximum absolute atomic E-state index is 10.9. The van der Waals surface area contributed by atoms with E-state index in [0.29, 0.717) is 12.8 Å². The lowest BCUT2D eigenvalue weighted by atomic mass is 10.1. The van der Waals surface area contributed by atoms with Gasteiger partial charge in [-0.05, 0) is 12.3 Å². The molecule has 1 rings (SSSR count). The van der Waals surface area contributed by atoms with Gasteiger partial charge in [0.15, 0.2) is 9.84 Å². The molecule has 5 heteroatoms. The third-order valence-electron chi connectivity index (χ3n) is 1.84. The van der Waals surface area contributed by atoms with Crippen molar-refractivity contribution in [3.8, 4) is 0 Å².